The van der Waals surface area contributed by atoms with Crippen molar-refractivity contribution >= 4 is 29.9 Å². The molecule has 0 unspecified atom stereocenters. The van der Waals surface area contributed by atoms with Crippen LogP contribution in [0.1, 0.15) is 11.1 Å². The van der Waals surface area contributed by atoms with Gasteiger partial charge < -0.3 is 5.73 Å². The van der Waals surface area contributed by atoms with Gasteiger partial charge in [-0.25, -0.2) is 17.6 Å². The average Bonchev–Trinajstić information content (AvgIpc) is 2.56. The summed E-state index contributed by atoms with van der Waals surface area (Å²) < 4.78 is 52.2. The zero-order valence-electron chi connectivity index (χ0n) is 14.1. The molecule has 144 valence electrons. The van der Waals surface area contributed by atoms with Crippen LogP contribution in [0.25, 0.3) is 12.2 Å². The molecule has 2 aromatic carbocycles. The van der Waals surface area contributed by atoms with Crippen LogP contribution in [-0.4, -0.2) is 17.8 Å². The summed E-state index contributed by atoms with van der Waals surface area (Å²) in [6.45, 7) is 0. The Hall–Kier alpha value is -3.75. The number of halogens is 4. The van der Waals surface area contributed by atoms with Crippen molar-refractivity contribution in [2.45, 2.75) is 0 Å². The van der Waals surface area contributed by atoms with E-state index in [4.69, 9.17) is 5.73 Å². The van der Waals surface area contributed by atoms with Crippen molar-refractivity contribution in [1.82, 2.24) is 5.32 Å². The van der Waals surface area contributed by atoms with Gasteiger partial charge in [-0.15, -0.1) is 0 Å². The summed E-state index contributed by atoms with van der Waals surface area (Å²) in [6.07, 6.45) is 4.09. The number of amides is 2. The maximum atomic E-state index is 13.0. The fourth-order valence-electron chi connectivity index (χ4n) is 2.03. The Labute approximate surface area is 156 Å². The van der Waals surface area contributed by atoms with Gasteiger partial charge in [0.25, 0.3) is 11.8 Å². The summed E-state index contributed by atoms with van der Waals surface area (Å²) in [5, 5.41) is 2.07. The molecule has 0 fully saturated rings. The molecule has 0 heterocycles. The molecule has 0 bridgehead atoms. The first-order chi connectivity index (χ1) is 13.2. The lowest BCUT2D eigenvalue weighted by atomic mass is 10.2. The van der Waals surface area contributed by atoms with Crippen molar-refractivity contribution in [1.29, 1.82) is 0 Å². The van der Waals surface area contributed by atoms with Gasteiger partial charge in [0.15, 0.2) is 0 Å². The molecule has 0 aromatic heterocycles. The smallest absolute Gasteiger partial charge is 0.272 e. The maximum absolute atomic E-state index is 13.0. The molecule has 3 N–H and O–H groups in total. The number of nitrogens with two attached hydrogens (primary N) is 1. The molecule has 0 aliphatic carbocycles. The Morgan fingerprint density at radius 3 is 1.68 bits per heavy atom. The Bertz CT molecular complexity index is 960. The van der Waals surface area contributed by atoms with Crippen LogP contribution in [-0.2, 0) is 9.59 Å². The molecule has 0 radical (unpaired) electrons. The molecule has 2 aromatic rings. The van der Waals surface area contributed by atoms with Crippen LogP contribution >= 0.6 is 0 Å². The summed E-state index contributed by atoms with van der Waals surface area (Å²) >= 11 is 0. The fraction of sp³-hybridized carbons (Fsp3) is 0. The molecule has 9 heteroatoms. The first-order valence-electron chi connectivity index (χ1n) is 7.69. The summed E-state index contributed by atoms with van der Waals surface area (Å²) in [5.74, 6) is -5.47. The number of carbonyl (C=O) groups excluding carboxylic acids is 2. The molecule has 0 aliphatic rings. The minimum Gasteiger partial charge on any atom is -0.369 e. The highest BCUT2D eigenvalue weighted by Gasteiger charge is 2.03. The highest BCUT2D eigenvalue weighted by atomic mass is 19.1. The molecule has 0 spiro atoms. The highest BCUT2D eigenvalue weighted by molar-refractivity contribution is 6.08. The standard InChI is InChI=1S/C19H13F4N3O2/c20-13-5-11(6-14(21)9-13)1-3-17(27)25-19(24)26-18(28)4-2-12-7-15(22)10-16(23)8-12/h1-10H,(H3,24,25,26,27,28). The largest absolute Gasteiger partial charge is 0.369 e. The van der Waals surface area contributed by atoms with Gasteiger partial charge in [0, 0.05) is 24.3 Å². The molecular weight excluding hydrogens is 378 g/mol. The minimum absolute atomic E-state index is 0.0916. The highest BCUT2D eigenvalue weighted by Crippen LogP contribution is 2.10. The number of rotatable bonds is 4. The number of nitrogens with zero attached hydrogens (tertiary/aromatic N) is 1. The number of hydrogen-bond acceptors (Lipinski definition) is 2. The van der Waals surface area contributed by atoms with Crippen LogP contribution < -0.4 is 11.1 Å². The Balaban J connectivity index is 1.96. The van der Waals surface area contributed by atoms with E-state index in [0.717, 1.165) is 48.6 Å². The maximum Gasteiger partial charge on any atom is 0.272 e. The van der Waals surface area contributed by atoms with Gasteiger partial charge in [0.2, 0.25) is 5.96 Å². The normalized spacial score (nSPS) is 11.9. The van der Waals surface area contributed by atoms with Gasteiger partial charge in [0.05, 0.1) is 0 Å². The molecule has 0 saturated heterocycles. The Morgan fingerprint density at radius 2 is 1.21 bits per heavy atom. The third-order valence-corrected chi connectivity index (χ3v) is 3.10. The van der Waals surface area contributed by atoms with E-state index in [9.17, 15) is 27.2 Å². The third kappa shape index (κ3) is 6.87. The lowest BCUT2D eigenvalue weighted by Gasteiger charge is -2.00. The van der Waals surface area contributed by atoms with E-state index < -0.39 is 41.0 Å². The summed E-state index contributed by atoms with van der Waals surface area (Å²) in [6, 6.07) is 5.38. The second-order valence-corrected chi connectivity index (χ2v) is 5.40. The number of guanidine groups is 1. The van der Waals surface area contributed by atoms with Crippen molar-refractivity contribution in [3.8, 4) is 0 Å². The van der Waals surface area contributed by atoms with E-state index in [1.165, 1.54) is 0 Å². The number of aliphatic imine (C=N–C) groups is 1. The second kappa shape index (κ2) is 9.26. The van der Waals surface area contributed by atoms with E-state index in [-0.39, 0.29) is 11.1 Å². The Morgan fingerprint density at radius 1 is 0.786 bits per heavy atom. The second-order valence-electron chi connectivity index (χ2n) is 5.40. The molecule has 0 atom stereocenters. The molecule has 28 heavy (non-hydrogen) atoms. The first-order valence-corrected chi connectivity index (χ1v) is 7.69. The summed E-state index contributed by atoms with van der Waals surface area (Å²) in [5.41, 5.74) is 5.59. The van der Waals surface area contributed by atoms with E-state index in [0.29, 0.717) is 12.1 Å². The van der Waals surface area contributed by atoms with Crippen LogP contribution in [0.15, 0.2) is 53.5 Å². The first kappa shape index (κ1) is 20.6. The van der Waals surface area contributed by atoms with E-state index in [1.807, 2.05) is 0 Å². The van der Waals surface area contributed by atoms with Crippen LogP contribution in [0.2, 0.25) is 0 Å². The lowest BCUT2D eigenvalue weighted by molar-refractivity contribution is -0.115. The van der Waals surface area contributed by atoms with Crippen molar-refractivity contribution < 1.29 is 27.2 Å². The number of nitrogens with one attached hydrogen (secondary N) is 1. The zero-order valence-corrected chi connectivity index (χ0v) is 14.1. The topological polar surface area (TPSA) is 84.5 Å². The van der Waals surface area contributed by atoms with Crippen LogP contribution in [0.4, 0.5) is 17.6 Å². The number of carbonyl (C=O) groups is 2. The van der Waals surface area contributed by atoms with Gasteiger partial charge in [-0.2, -0.15) is 4.99 Å². The summed E-state index contributed by atoms with van der Waals surface area (Å²) in [4.78, 5) is 26.7. The molecule has 5 nitrogen and oxygen atoms in total. The quantitative estimate of drug-likeness (QED) is 0.364. The fourth-order valence-corrected chi connectivity index (χ4v) is 2.03. The Kier molecular flexibility index (Phi) is 6.80. The monoisotopic (exact) mass is 391 g/mol. The van der Waals surface area contributed by atoms with Crippen molar-refractivity contribution in [3.05, 3.63) is 82.9 Å². The zero-order chi connectivity index (χ0) is 20.7. The molecular formula is C19H13F4N3O2. The summed E-state index contributed by atoms with van der Waals surface area (Å²) in [7, 11) is 0. The van der Waals surface area contributed by atoms with E-state index in [1.54, 1.807) is 0 Å². The van der Waals surface area contributed by atoms with Gasteiger partial charge in [-0.3, -0.25) is 14.9 Å². The van der Waals surface area contributed by atoms with Gasteiger partial charge in [-0.05, 0) is 47.5 Å². The lowest BCUT2D eigenvalue weighted by Crippen LogP contribution is -2.36. The van der Waals surface area contributed by atoms with Crippen LogP contribution in [0.3, 0.4) is 0 Å². The van der Waals surface area contributed by atoms with Crippen LogP contribution in [0.5, 0.6) is 0 Å². The van der Waals surface area contributed by atoms with E-state index >= 15 is 0 Å². The predicted octanol–water partition coefficient (Wildman–Crippen LogP) is 2.93. The average molecular weight is 391 g/mol. The van der Waals surface area contributed by atoms with Crippen LogP contribution in [0, 0.1) is 23.3 Å². The van der Waals surface area contributed by atoms with Gasteiger partial charge in [-0.1, -0.05) is 0 Å². The molecule has 0 saturated carbocycles. The van der Waals surface area contributed by atoms with Crippen molar-refractivity contribution in [3.63, 3.8) is 0 Å². The number of hydrogen-bond donors (Lipinski definition) is 2. The van der Waals surface area contributed by atoms with Crippen molar-refractivity contribution in [2.24, 2.45) is 10.7 Å². The molecule has 0 aliphatic heterocycles. The van der Waals surface area contributed by atoms with Crippen molar-refractivity contribution in [2.75, 3.05) is 0 Å². The molecule has 2 rings (SSSR count). The van der Waals surface area contributed by atoms with E-state index in [2.05, 4.69) is 10.3 Å². The van der Waals surface area contributed by atoms with Gasteiger partial charge in [0.1, 0.15) is 23.3 Å². The SMILES string of the molecule is NC(=NC(=O)C=Cc1cc(F)cc(F)c1)NC(=O)C=Cc1cc(F)cc(F)c1. The predicted molar refractivity (Wildman–Crippen MR) is 95.6 cm³/mol. The molecule has 2 amide bonds. The third-order valence-electron chi connectivity index (χ3n) is 3.10. The number of benzene rings is 2. The minimum atomic E-state index is -0.890. The van der Waals surface area contributed by atoms with Gasteiger partial charge >= 0.3 is 0 Å².